The van der Waals surface area contributed by atoms with Crippen molar-refractivity contribution in [2.75, 3.05) is 13.2 Å². The molecule has 1 rings (SSSR count). The smallest absolute Gasteiger partial charge is 0.261 e. The molecule has 92 valence electrons. The third-order valence-electron chi connectivity index (χ3n) is 1.98. The number of alkyl halides is 2. The summed E-state index contributed by atoms with van der Waals surface area (Å²) in [6, 6.07) is 1.80. The molecule has 0 radical (unpaired) electrons. The van der Waals surface area contributed by atoms with Gasteiger partial charge in [0.2, 0.25) is 0 Å². The van der Waals surface area contributed by atoms with Gasteiger partial charge in [-0.05, 0) is 18.6 Å². The number of thiophene rings is 1. The van der Waals surface area contributed by atoms with Gasteiger partial charge in [0.25, 0.3) is 6.43 Å². The van der Waals surface area contributed by atoms with E-state index in [-0.39, 0.29) is 6.61 Å². The van der Waals surface area contributed by atoms with Crippen LogP contribution in [0.2, 0.25) is 4.34 Å². The Morgan fingerprint density at radius 1 is 1.56 bits per heavy atom. The van der Waals surface area contributed by atoms with Gasteiger partial charge in [-0.15, -0.1) is 11.3 Å². The Hall–Kier alpha value is -0.230. The minimum Gasteiger partial charge on any atom is -0.387 e. The van der Waals surface area contributed by atoms with E-state index < -0.39 is 19.1 Å². The molecule has 2 nitrogen and oxygen atoms in total. The van der Waals surface area contributed by atoms with Crippen LogP contribution in [-0.4, -0.2) is 24.7 Å². The molecular weight excluding hydrogens is 258 g/mol. The fourth-order valence-corrected chi connectivity index (χ4v) is 2.40. The van der Waals surface area contributed by atoms with Crippen molar-refractivity contribution in [1.82, 2.24) is 0 Å². The van der Waals surface area contributed by atoms with Gasteiger partial charge in [0.05, 0.1) is 10.4 Å². The van der Waals surface area contributed by atoms with Crippen molar-refractivity contribution in [3.05, 3.63) is 20.8 Å². The lowest BCUT2D eigenvalue weighted by Crippen LogP contribution is -2.08. The molecule has 0 bridgehead atoms. The zero-order chi connectivity index (χ0) is 12.1. The van der Waals surface area contributed by atoms with Gasteiger partial charge in [0.1, 0.15) is 6.61 Å². The quantitative estimate of drug-likeness (QED) is 0.803. The third kappa shape index (κ3) is 4.33. The van der Waals surface area contributed by atoms with Crippen molar-refractivity contribution < 1.29 is 18.6 Å². The molecule has 0 spiro atoms. The number of hydrogen-bond donors (Lipinski definition) is 1. The van der Waals surface area contributed by atoms with Crippen molar-refractivity contribution in [1.29, 1.82) is 0 Å². The van der Waals surface area contributed by atoms with Crippen LogP contribution >= 0.6 is 22.9 Å². The van der Waals surface area contributed by atoms with Crippen LogP contribution in [0.4, 0.5) is 8.78 Å². The third-order valence-corrected chi connectivity index (χ3v) is 3.64. The van der Waals surface area contributed by atoms with Gasteiger partial charge in [-0.1, -0.05) is 11.6 Å². The molecule has 1 unspecified atom stereocenters. The van der Waals surface area contributed by atoms with Gasteiger partial charge >= 0.3 is 0 Å². The number of aryl methyl sites for hydroxylation is 1. The number of ether oxygens (including phenoxy) is 1. The van der Waals surface area contributed by atoms with E-state index in [9.17, 15) is 13.9 Å². The van der Waals surface area contributed by atoms with E-state index in [4.69, 9.17) is 11.6 Å². The summed E-state index contributed by atoms with van der Waals surface area (Å²) in [7, 11) is 0. The highest BCUT2D eigenvalue weighted by atomic mass is 35.5. The molecule has 6 heteroatoms. The topological polar surface area (TPSA) is 29.5 Å². The lowest BCUT2D eigenvalue weighted by Gasteiger charge is -2.08. The summed E-state index contributed by atoms with van der Waals surface area (Å²) in [5.41, 5.74) is 0.911. The van der Waals surface area contributed by atoms with Crippen LogP contribution < -0.4 is 0 Å². The predicted octanol–water partition coefficient (Wildman–Crippen LogP) is 3.42. The van der Waals surface area contributed by atoms with Crippen molar-refractivity contribution >= 4 is 22.9 Å². The standard InChI is InChI=1S/C10H13ClF2O2S/c1-6-4-8(16-10(6)11)7(14)2-3-15-5-9(12)13/h4,7,9,14H,2-3,5H2,1H3. The van der Waals surface area contributed by atoms with Crippen LogP contribution in [0.15, 0.2) is 6.07 Å². The monoisotopic (exact) mass is 270 g/mol. The largest absolute Gasteiger partial charge is 0.387 e. The van der Waals surface area contributed by atoms with E-state index >= 15 is 0 Å². The lowest BCUT2D eigenvalue weighted by molar-refractivity contribution is 0.00515. The zero-order valence-corrected chi connectivity index (χ0v) is 10.3. The Labute approximate surface area is 102 Å². The van der Waals surface area contributed by atoms with E-state index in [2.05, 4.69) is 4.74 Å². The van der Waals surface area contributed by atoms with Gasteiger partial charge in [0, 0.05) is 17.9 Å². The van der Waals surface area contributed by atoms with Gasteiger partial charge in [-0.2, -0.15) is 0 Å². The van der Waals surface area contributed by atoms with E-state index in [0.29, 0.717) is 10.8 Å². The van der Waals surface area contributed by atoms with E-state index in [1.54, 1.807) is 6.07 Å². The molecule has 0 aromatic carbocycles. The summed E-state index contributed by atoms with van der Waals surface area (Å²) >= 11 is 7.15. The molecule has 0 aliphatic rings. The average molecular weight is 271 g/mol. The van der Waals surface area contributed by atoms with Crippen molar-refractivity contribution in [2.24, 2.45) is 0 Å². The molecule has 0 saturated heterocycles. The van der Waals surface area contributed by atoms with Crippen LogP contribution in [0.1, 0.15) is 23.0 Å². The highest BCUT2D eigenvalue weighted by Crippen LogP contribution is 2.32. The van der Waals surface area contributed by atoms with E-state index in [1.807, 2.05) is 6.92 Å². The molecule has 0 saturated carbocycles. The van der Waals surface area contributed by atoms with Crippen molar-refractivity contribution in [2.45, 2.75) is 25.9 Å². The summed E-state index contributed by atoms with van der Waals surface area (Å²) in [6.07, 6.45) is -2.87. The van der Waals surface area contributed by atoms with Crippen molar-refractivity contribution in [3.8, 4) is 0 Å². The molecule has 1 N–H and O–H groups in total. The van der Waals surface area contributed by atoms with Crippen LogP contribution in [0.5, 0.6) is 0 Å². The average Bonchev–Trinajstić information content (AvgIpc) is 2.54. The number of halogens is 3. The second kappa shape index (κ2) is 6.49. The summed E-state index contributed by atoms with van der Waals surface area (Å²) < 4.78 is 28.8. The molecule has 1 aromatic rings. The first-order valence-corrected chi connectivity index (χ1v) is 6.00. The normalized spacial score (nSPS) is 13.4. The second-order valence-corrected chi connectivity index (χ2v) is 5.06. The second-order valence-electron chi connectivity index (χ2n) is 3.38. The van der Waals surface area contributed by atoms with E-state index in [1.165, 1.54) is 11.3 Å². The first-order valence-electron chi connectivity index (χ1n) is 4.80. The Morgan fingerprint density at radius 3 is 2.75 bits per heavy atom. The highest BCUT2D eigenvalue weighted by Gasteiger charge is 2.12. The van der Waals surface area contributed by atoms with E-state index in [0.717, 1.165) is 10.4 Å². The Kier molecular flexibility index (Phi) is 5.61. The first kappa shape index (κ1) is 13.8. The Morgan fingerprint density at radius 2 is 2.25 bits per heavy atom. The molecule has 1 aromatic heterocycles. The maximum absolute atomic E-state index is 11.7. The fourth-order valence-electron chi connectivity index (χ4n) is 1.16. The zero-order valence-electron chi connectivity index (χ0n) is 8.75. The van der Waals surface area contributed by atoms with Crippen LogP contribution in [0.3, 0.4) is 0 Å². The SMILES string of the molecule is Cc1cc(C(O)CCOCC(F)F)sc1Cl. The molecule has 0 amide bonds. The number of aliphatic hydroxyl groups excluding tert-OH is 1. The summed E-state index contributed by atoms with van der Waals surface area (Å²) in [4.78, 5) is 0.739. The molecule has 0 fully saturated rings. The molecule has 1 heterocycles. The number of hydrogen-bond acceptors (Lipinski definition) is 3. The molecular formula is C10H13ClF2O2S. The molecule has 0 aliphatic carbocycles. The number of rotatable bonds is 6. The summed E-state index contributed by atoms with van der Waals surface area (Å²) in [6.45, 7) is 1.37. The number of aliphatic hydroxyl groups is 1. The molecule has 16 heavy (non-hydrogen) atoms. The Balaban J connectivity index is 2.32. The van der Waals surface area contributed by atoms with Gasteiger partial charge in [0.15, 0.2) is 0 Å². The van der Waals surface area contributed by atoms with Gasteiger partial charge < -0.3 is 9.84 Å². The van der Waals surface area contributed by atoms with Crippen LogP contribution in [0.25, 0.3) is 0 Å². The maximum Gasteiger partial charge on any atom is 0.261 e. The first-order chi connectivity index (χ1) is 7.50. The van der Waals surface area contributed by atoms with Crippen molar-refractivity contribution in [3.63, 3.8) is 0 Å². The maximum atomic E-state index is 11.7. The summed E-state index contributed by atoms with van der Waals surface area (Å²) in [5.74, 6) is 0. The van der Waals surface area contributed by atoms with Crippen LogP contribution in [-0.2, 0) is 4.74 Å². The highest BCUT2D eigenvalue weighted by molar-refractivity contribution is 7.16. The lowest BCUT2D eigenvalue weighted by atomic mass is 10.2. The Bertz CT molecular complexity index is 311. The molecule has 1 atom stereocenters. The minimum absolute atomic E-state index is 0.111. The fraction of sp³-hybridized carbons (Fsp3) is 0.600. The minimum atomic E-state index is -2.46. The van der Waals surface area contributed by atoms with Gasteiger partial charge in [-0.3, -0.25) is 0 Å². The summed E-state index contributed by atoms with van der Waals surface area (Å²) in [5, 5.41) is 9.71. The predicted molar refractivity (Wildman–Crippen MR) is 60.5 cm³/mol. The van der Waals surface area contributed by atoms with Crippen LogP contribution in [0, 0.1) is 6.92 Å². The molecule has 0 aliphatic heterocycles. The van der Waals surface area contributed by atoms with Gasteiger partial charge in [-0.25, -0.2) is 8.78 Å².